The summed E-state index contributed by atoms with van der Waals surface area (Å²) in [6, 6.07) is 24.2. The molecule has 0 saturated carbocycles. The monoisotopic (exact) mass is 540 g/mol. The molecule has 1 atom stereocenters. The number of hydrogen-bond acceptors (Lipinski definition) is 4. The standard InChI is InChI=1S/C31H29FN4O2S/c1-21-9-5-6-12-25(21)30-28-29(22-10-3-2-4-11-22)33-36(24-15-13-23(32)14-16-24)31(28)35(27(38)20-39-30)19-26(37)34-17-7-8-18-34/h2-6,9-16,30H,7-8,17-20H2,1H3/t30-/m1/s1. The van der Waals surface area contributed by atoms with E-state index in [1.54, 1.807) is 33.5 Å². The highest BCUT2D eigenvalue weighted by atomic mass is 32.2. The van der Waals surface area contributed by atoms with Crippen LogP contribution in [0, 0.1) is 12.7 Å². The van der Waals surface area contributed by atoms with Crippen molar-refractivity contribution in [3.8, 4) is 16.9 Å². The zero-order valence-corrected chi connectivity index (χ0v) is 22.5. The maximum atomic E-state index is 13.9. The lowest BCUT2D eigenvalue weighted by Crippen LogP contribution is -2.43. The SMILES string of the molecule is Cc1ccccc1[C@H]1SCC(=O)N(CC(=O)N2CCCC2)c2c1c(-c1ccccc1)nn2-c1ccc(F)cc1. The van der Waals surface area contributed by atoms with Gasteiger partial charge in [-0.15, -0.1) is 11.8 Å². The lowest BCUT2D eigenvalue weighted by Gasteiger charge is -2.25. The van der Waals surface area contributed by atoms with Crippen LogP contribution in [0.4, 0.5) is 10.2 Å². The van der Waals surface area contributed by atoms with Crippen molar-refractivity contribution in [2.24, 2.45) is 0 Å². The van der Waals surface area contributed by atoms with Crippen LogP contribution < -0.4 is 4.90 Å². The summed E-state index contributed by atoms with van der Waals surface area (Å²) in [6.45, 7) is 3.43. The average Bonchev–Trinajstić information content (AvgIpc) is 3.60. The van der Waals surface area contributed by atoms with E-state index in [9.17, 15) is 14.0 Å². The Kier molecular flexibility index (Phi) is 6.95. The van der Waals surface area contributed by atoms with Crippen LogP contribution in [0.25, 0.3) is 16.9 Å². The number of rotatable bonds is 5. The zero-order chi connectivity index (χ0) is 26.9. The first-order chi connectivity index (χ1) is 19.0. The van der Waals surface area contributed by atoms with Gasteiger partial charge in [0.2, 0.25) is 11.8 Å². The zero-order valence-electron chi connectivity index (χ0n) is 21.7. The summed E-state index contributed by atoms with van der Waals surface area (Å²) in [5.74, 6) is 0.215. The van der Waals surface area contributed by atoms with Crippen LogP contribution in [0.1, 0.15) is 34.8 Å². The van der Waals surface area contributed by atoms with E-state index in [-0.39, 0.29) is 35.2 Å². The van der Waals surface area contributed by atoms with E-state index in [4.69, 9.17) is 5.10 Å². The number of amides is 2. The van der Waals surface area contributed by atoms with Crippen molar-refractivity contribution >= 4 is 29.4 Å². The van der Waals surface area contributed by atoms with Gasteiger partial charge in [0.05, 0.1) is 22.4 Å². The van der Waals surface area contributed by atoms with Crippen molar-refractivity contribution in [2.75, 3.05) is 30.3 Å². The Morgan fingerprint density at radius 1 is 0.974 bits per heavy atom. The van der Waals surface area contributed by atoms with Crippen LogP contribution in [0.3, 0.4) is 0 Å². The number of aromatic nitrogens is 2. The van der Waals surface area contributed by atoms with E-state index < -0.39 is 0 Å². The highest BCUT2D eigenvalue weighted by Gasteiger charge is 2.38. The number of hydrogen-bond donors (Lipinski definition) is 0. The minimum Gasteiger partial charge on any atom is -0.341 e. The van der Waals surface area contributed by atoms with Crippen molar-refractivity contribution in [1.82, 2.24) is 14.7 Å². The first-order valence-electron chi connectivity index (χ1n) is 13.2. The molecule has 3 aromatic carbocycles. The van der Waals surface area contributed by atoms with E-state index in [0.717, 1.165) is 40.8 Å². The summed E-state index contributed by atoms with van der Waals surface area (Å²) in [5.41, 5.74) is 5.36. The van der Waals surface area contributed by atoms with Gasteiger partial charge in [0.1, 0.15) is 18.2 Å². The molecular weight excluding hydrogens is 511 g/mol. The molecule has 198 valence electrons. The highest BCUT2D eigenvalue weighted by molar-refractivity contribution is 8.00. The Morgan fingerprint density at radius 3 is 2.38 bits per heavy atom. The summed E-state index contributed by atoms with van der Waals surface area (Å²) in [6.07, 6.45) is 1.95. The number of anilines is 1. The van der Waals surface area contributed by atoms with Crippen molar-refractivity contribution in [3.05, 3.63) is 101 Å². The van der Waals surface area contributed by atoms with Gasteiger partial charge in [-0.25, -0.2) is 9.07 Å². The number of thioether (sulfide) groups is 1. The minimum atomic E-state index is -0.356. The molecule has 6 nitrogen and oxygen atoms in total. The van der Waals surface area contributed by atoms with Crippen LogP contribution in [-0.2, 0) is 9.59 Å². The topological polar surface area (TPSA) is 58.4 Å². The van der Waals surface area contributed by atoms with Crippen LogP contribution in [0.2, 0.25) is 0 Å². The second kappa shape index (κ2) is 10.7. The summed E-state index contributed by atoms with van der Waals surface area (Å²) in [4.78, 5) is 30.6. The molecule has 4 aromatic rings. The van der Waals surface area contributed by atoms with Gasteiger partial charge in [-0.05, 0) is 55.2 Å². The third kappa shape index (κ3) is 4.85. The second-order valence-corrected chi connectivity index (χ2v) is 11.0. The Hall–Kier alpha value is -3.91. The van der Waals surface area contributed by atoms with Crippen molar-refractivity contribution in [3.63, 3.8) is 0 Å². The predicted molar refractivity (Wildman–Crippen MR) is 153 cm³/mol. The second-order valence-electron chi connectivity index (χ2n) is 9.96. The summed E-state index contributed by atoms with van der Waals surface area (Å²) in [7, 11) is 0. The number of fused-ring (bicyclic) bond motifs is 1. The normalized spacial score (nSPS) is 17.3. The number of benzene rings is 3. The van der Waals surface area contributed by atoms with E-state index in [0.29, 0.717) is 24.6 Å². The molecule has 1 saturated heterocycles. The lowest BCUT2D eigenvalue weighted by atomic mass is 9.97. The Bertz CT molecular complexity index is 1510. The molecule has 1 aromatic heterocycles. The quantitative estimate of drug-likeness (QED) is 0.322. The van der Waals surface area contributed by atoms with Crippen LogP contribution >= 0.6 is 11.8 Å². The van der Waals surface area contributed by atoms with Gasteiger partial charge >= 0.3 is 0 Å². The van der Waals surface area contributed by atoms with Crippen molar-refractivity contribution in [2.45, 2.75) is 25.0 Å². The third-order valence-electron chi connectivity index (χ3n) is 7.43. The first kappa shape index (κ1) is 25.4. The van der Waals surface area contributed by atoms with Crippen LogP contribution in [-0.4, -0.2) is 51.9 Å². The molecule has 8 heteroatoms. The third-order valence-corrected chi connectivity index (χ3v) is 8.67. The fourth-order valence-electron chi connectivity index (χ4n) is 5.42. The summed E-state index contributed by atoms with van der Waals surface area (Å²) in [5, 5.41) is 4.87. The molecule has 2 aliphatic heterocycles. The van der Waals surface area contributed by atoms with Gasteiger partial charge in [0.15, 0.2) is 0 Å². The molecule has 6 rings (SSSR count). The largest absolute Gasteiger partial charge is 0.341 e. The van der Waals surface area contributed by atoms with Gasteiger partial charge in [-0.1, -0.05) is 54.6 Å². The molecule has 0 bridgehead atoms. The molecule has 0 radical (unpaired) electrons. The number of aryl methyl sites for hydroxylation is 1. The molecule has 1 fully saturated rings. The fraction of sp³-hybridized carbons (Fsp3) is 0.258. The Balaban J connectivity index is 1.61. The highest BCUT2D eigenvalue weighted by Crippen LogP contribution is 2.49. The number of carbonyl (C=O) groups excluding carboxylic acids is 2. The van der Waals surface area contributed by atoms with E-state index in [2.05, 4.69) is 19.1 Å². The van der Waals surface area contributed by atoms with E-state index >= 15 is 0 Å². The maximum Gasteiger partial charge on any atom is 0.242 e. The van der Waals surface area contributed by atoms with Crippen molar-refractivity contribution < 1.29 is 14.0 Å². The van der Waals surface area contributed by atoms with Crippen molar-refractivity contribution in [1.29, 1.82) is 0 Å². The number of nitrogens with zero attached hydrogens (tertiary/aromatic N) is 4. The van der Waals surface area contributed by atoms with Gasteiger partial charge < -0.3 is 4.90 Å². The molecule has 0 N–H and O–H groups in total. The average molecular weight is 541 g/mol. The molecule has 0 spiro atoms. The molecule has 39 heavy (non-hydrogen) atoms. The minimum absolute atomic E-state index is 0.0615. The predicted octanol–water partition coefficient (Wildman–Crippen LogP) is 5.78. The van der Waals surface area contributed by atoms with E-state index in [1.807, 2.05) is 47.4 Å². The summed E-state index contributed by atoms with van der Waals surface area (Å²) < 4.78 is 15.7. The first-order valence-corrected chi connectivity index (χ1v) is 14.3. The molecule has 0 unspecified atom stereocenters. The number of likely N-dealkylation sites (tertiary alicyclic amines) is 1. The fourth-order valence-corrected chi connectivity index (χ4v) is 6.71. The van der Waals surface area contributed by atoms with Gasteiger partial charge in [-0.2, -0.15) is 5.10 Å². The van der Waals surface area contributed by atoms with Crippen LogP contribution in [0.15, 0.2) is 78.9 Å². The number of carbonyl (C=O) groups is 2. The van der Waals surface area contributed by atoms with Gasteiger partial charge in [0.25, 0.3) is 0 Å². The molecular formula is C31H29FN4O2S. The molecule has 2 amide bonds. The molecule has 0 aliphatic carbocycles. The number of halogens is 1. The van der Waals surface area contributed by atoms with Gasteiger partial charge in [0, 0.05) is 24.2 Å². The molecule has 2 aliphatic rings. The summed E-state index contributed by atoms with van der Waals surface area (Å²) >= 11 is 1.56. The molecule has 3 heterocycles. The van der Waals surface area contributed by atoms with Crippen LogP contribution in [0.5, 0.6) is 0 Å². The Morgan fingerprint density at radius 2 is 1.67 bits per heavy atom. The maximum absolute atomic E-state index is 13.9. The van der Waals surface area contributed by atoms with Gasteiger partial charge in [-0.3, -0.25) is 14.5 Å². The lowest BCUT2D eigenvalue weighted by molar-refractivity contribution is -0.130. The van der Waals surface area contributed by atoms with E-state index in [1.165, 1.54) is 12.1 Å². The Labute approximate surface area is 231 Å². The smallest absolute Gasteiger partial charge is 0.242 e.